The number of nitrogens with one attached hydrogen (secondary N) is 1. The Bertz CT molecular complexity index is 825. The van der Waals surface area contributed by atoms with Crippen molar-refractivity contribution in [1.82, 2.24) is 5.32 Å². The van der Waals surface area contributed by atoms with Gasteiger partial charge in [0.2, 0.25) is 0 Å². The molecule has 2 aromatic carbocycles. The first-order valence-corrected chi connectivity index (χ1v) is 7.42. The van der Waals surface area contributed by atoms with Crippen LogP contribution in [0.4, 0.5) is 5.69 Å². The van der Waals surface area contributed by atoms with Gasteiger partial charge in [-0.3, -0.25) is 4.79 Å². The molecule has 0 unspecified atom stereocenters. The fourth-order valence-electron chi connectivity index (χ4n) is 2.08. The number of hydrogen-bond acceptors (Lipinski definition) is 3. The molecule has 0 aliphatic rings. The van der Waals surface area contributed by atoms with Gasteiger partial charge in [-0.15, -0.1) is 0 Å². The molecule has 6 N–H and O–H groups in total. The van der Waals surface area contributed by atoms with E-state index in [4.69, 9.17) is 11.5 Å². The number of aliphatic imine (C=N–C) groups is 1. The van der Waals surface area contributed by atoms with Gasteiger partial charge in [0.05, 0.1) is 17.8 Å². The zero-order valence-electron chi connectivity index (χ0n) is 13.3. The second kappa shape index (κ2) is 8.30. The lowest BCUT2D eigenvalue weighted by Crippen LogP contribution is -2.27. The fraction of sp³-hybridized carbons (Fsp3) is 0.0556. The topological polar surface area (TPSA) is 131 Å². The Balaban J connectivity index is 2.11. The molecule has 0 atom stereocenters. The van der Waals surface area contributed by atoms with Crippen molar-refractivity contribution >= 4 is 29.6 Å². The highest BCUT2D eigenvalue weighted by Gasteiger charge is 2.11. The summed E-state index contributed by atoms with van der Waals surface area (Å²) in [6.45, 7) is -0.115. The van der Waals surface area contributed by atoms with E-state index in [0.29, 0.717) is 11.3 Å². The molecule has 0 radical (unpaired) electrons. The van der Waals surface area contributed by atoms with Gasteiger partial charge < -0.3 is 21.9 Å². The number of carbonyl (C=O) groups excluding carboxylic acids is 1. The lowest BCUT2D eigenvalue weighted by molar-refractivity contribution is -0.132. The Kier molecular flexibility index (Phi) is 5.89. The van der Waals surface area contributed by atoms with Crippen LogP contribution in [0.15, 0.2) is 65.2 Å². The minimum atomic E-state index is -1.10. The van der Waals surface area contributed by atoms with Crippen LogP contribution in [-0.2, 0) is 4.79 Å². The zero-order chi connectivity index (χ0) is 18.2. The first-order valence-electron chi connectivity index (χ1n) is 7.42. The van der Waals surface area contributed by atoms with Crippen molar-refractivity contribution in [3.63, 3.8) is 0 Å². The molecule has 0 spiro atoms. The molecule has 0 aliphatic carbocycles. The molecule has 0 saturated heterocycles. The third-order valence-corrected chi connectivity index (χ3v) is 3.22. The van der Waals surface area contributed by atoms with Crippen LogP contribution in [0, 0.1) is 0 Å². The van der Waals surface area contributed by atoms with E-state index in [0.717, 1.165) is 5.56 Å². The maximum atomic E-state index is 12.2. The molecule has 128 valence electrons. The molecule has 2 rings (SSSR count). The summed E-state index contributed by atoms with van der Waals surface area (Å²) in [5.74, 6) is -1.64. The Morgan fingerprint density at radius 3 is 2.44 bits per heavy atom. The van der Waals surface area contributed by atoms with Gasteiger partial charge >= 0.3 is 5.97 Å². The van der Waals surface area contributed by atoms with Crippen LogP contribution in [0.3, 0.4) is 0 Å². The van der Waals surface area contributed by atoms with E-state index in [1.54, 1.807) is 42.5 Å². The normalized spacial score (nSPS) is 10.8. The van der Waals surface area contributed by atoms with Gasteiger partial charge in [-0.2, -0.15) is 0 Å². The molecular weight excluding hydrogens is 320 g/mol. The van der Waals surface area contributed by atoms with E-state index in [1.165, 1.54) is 12.1 Å². The molecule has 7 heteroatoms. The van der Waals surface area contributed by atoms with Crippen LogP contribution < -0.4 is 16.8 Å². The van der Waals surface area contributed by atoms with Gasteiger partial charge in [-0.1, -0.05) is 36.4 Å². The van der Waals surface area contributed by atoms with E-state index in [-0.39, 0.29) is 18.1 Å². The molecule has 0 aromatic heterocycles. The number of nitrogens with two attached hydrogens (primary N) is 2. The number of hydrogen-bond donors (Lipinski definition) is 4. The van der Waals surface area contributed by atoms with Gasteiger partial charge in [-0.25, -0.2) is 9.79 Å². The number of rotatable bonds is 6. The monoisotopic (exact) mass is 338 g/mol. The van der Waals surface area contributed by atoms with Gasteiger partial charge in [0.1, 0.15) is 0 Å². The fourth-order valence-corrected chi connectivity index (χ4v) is 2.08. The molecule has 0 saturated carbocycles. The predicted molar refractivity (Wildman–Crippen MR) is 96.3 cm³/mol. The van der Waals surface area contributed by atoms with Gasteiger partial charge in [0.25, 0.3) is 5.91 Å². The summed E-state index contributed by atoms with van der Waals surface area (Å²) in [5.41, 5.74) is 12.2. The maximum Gasteiger partial charge on any atom is 0.333 e. The van der Waals surface area contributed by atoms with Crippen molar-refractivity contribution < 1.29 is 14.7 Å². The zero-order valence-corrected chi connectivity index (χ0v) is 13.3. The molecule has 1 amide bonds. The number of carboxylic acids is 1. The van der Waals surface area contributed by atoms with Crippen molar-refractivity contribution in [2.45, 2.75) is 0 Å². The molecule has 25 heavy (non-hydrogen) atoms. The molecule has 0 aliphatic heterocycles. The minimum Gasteiger partial charge on any atom is -0.478 e. The van der Waals surface area contributed by atoms with E-state index < -0.39 is 11.9 Å². The number of amides is 1. The van der Waals surface area contributed by atoms with E-state index in [2.05, 4.69) is 10.3 Å². The van der Waals surface area contributed by atoms with Crippen LogP contribution >= 0.6 is 0 Å². The van der Waals surface area contributed by atoms with Crippen molar-refractivity contribution in [3.05, 3.63) is 71.3 Å². The molecule has 0 heterocycles. The highest BCUT2D eigenvalue weighted by atomic mass is 16.4. The Labute approximate surface area is 144 Å². The summed E-state index contributed by atoms with van der Waals surface area (Å²) in [5, 5.41) is 11.9. The van der Waals surface area contributed by atoms with Crippen molar-refractivity contribution in [3.8, 4) is 0 Å². The van der Waals surface area contributed by atoms with Crippen LogP contribution in [0.1, 0.15) is 15.9 Å². The Hall–Kier alpha value is -3.61. The number of carboxylic acid groups (broad SMARTS) is 1. The van der Waals surface area contributed by atoms with Gasteiger partial charge in [0, 0.05) is 5.56 Å². The summed E-state index contributed by atoms with van der Waals surface area (Å²) < 4.78 is 0. The Morgan fingerprint density at radius 2 is 1.80 bits per heavy atom. The first-order chi connectivity index (χ1) is 12.0. The lowest BCUT2D eigenvalue weighted by Gasteiger charge is -2.07. The molecule has 2 aromatic rings. The summed E-state index contributed by atoms with van der Waals surface area (Å²) in [7, 11) is 0. The number of guanidine groups is 1. The Morgan fingerprint density at radius 1 is 1.08 bits per heavy atom. The van der Waals surface area contributed by atoms with Gasteiger partial charge in [0.15, 0.2) is 5.96 Å². The molecule has 0 fully saturated rings. The summed E-state index contributed by atoms with van der Waals surface area (Å²) >= 11 is 0. The van der Waals surface area contributed by atoms with E-state index in [9.17, 15) is 14.7 Å². The van der Waals surface area contributed by atoms with Crippen LogP contribution in [0.2, 0.25) is 0 Å². The number of benzene rings is 2. The second-order valence-electron chi connectivity index (χ2n) is 5.16. The number of nitrogens with zero attached hydrogens (tertiary/aromatic N) is 1. The van der Waals surface area contributed by atoms with E-state index in [1.807, 2.05) is 6.07 Å². The molecular formula is C18H18N4O3. The van der Waals surface area contributed by atoms with Crippen molar-refractivity contribution in [2.24, 2.45) is 16.5 Å². The lowest BCUT2D eigenvalue weighted by atomic mass is 10.1. The molecule has 0 bridgehead atoms. The van der Waals surface area contributed by atoms with Crippen LogP contribution in [0.25, 0.3) is 6.08 Å². The van der Waals surface area contributed by atoms with Gasteiger partial charge in [-0.05, 0) is 29.8 Å². The highest BCUT2D eigenvalue weighted by Crippen LogP contribution is 2.14. The minimum absolute atomic E-state index is 0.0694. The third kappa shape index (κ3) is 5.51. The largest absolute Gasteiger partial charge is 0.478 e. The number of carbonyl (C=O) groups is 2. The number of aliphatic carboxylic acids is 1. The highest BCUT2D eigenvalue weighted by molar-refractivity contribution is 5.98. The van der Waals surface area contributed by atoms with Crippen molar-refractivity contribution in [1.29, 1.82) is 0 Å². The average Bonchev–Trinajstić information content (AvgIpc) is 2.58. The van der Waals surface area contributed by atoms with Crippen LogP contribution in [-0.4, -0.2) is 29.5 Å². The van der Waals surface area contributed by atoms with E-state index >= 15 is 0 Å². The second-order valence-corrected chi connectivity index (χ2v) is 5.16. The predicted octanol–water partition coefficient (Wildman–Crippen LogP) is 1.49. The van der Waals surface area contributed by atoms with Crippen molar-refractivity contribution in [2.75, 3.05) is 6.54 Å². The SMILES string of the molecule is NC(N)=Nc1cccc(C(=O)NCC(=Cc2ccccc2)C(=O)O)c1. The molecule has 7 nitrogen and oxygen atoms in total. The smallest absolute Gasteiger partial charge is 0.333 e. The third-order valence-electron chi connectivity index (χ3n) is 3.22. The van der Waals surface area contributed by atoms with Crippen LogP contribution in [0.5, 0.6) is 0 Å². The standard InChI is InChI=1S/C18H18N4O3/c19-18(20)22-15-8-4-7-13(10-15)16(23)21-11-14(17(24)25)9-12-5-2-1-3-6-12/h1-10H,11H2,(H,21,23)(H,24,25)(H4,19,20,22). The quantitative estimate of drug-likeness (QED) is 0.360. The average molecular weight is 338 g/mol. The first kappa shape index (κ1) is 17.7. The summed E-state index contributed by atoms with van der Waals surface area (Å²) in [6.07, 6.45) is 1.51. The maximum absolute atomic E-state index is 12.2. The summed E-state index contributed by atoms with van der Waals surface area (Å²) in [4.78, 5) is 27.5. The summed E-state index contributed by atoms with van der Waals surface area (Å²) in [6, 6.07) is 15.4.